The first-order valence-electron chi connectivity index (χ1n) is 10.2. The molecule has 0 bridgehead atoms. The summed E-state index contributed by atoms with van der Waals surface area (Å²) in [4.78, 5) is 63.5. The average Bonchev–Trinajstić information content (AvgIpc) is 2.76. The first-order valence-corrected chi connectivity index (χ1v) is 12.1. The van der Waals surface area contributed by atoms with Crippen LogP contribution in [0.3, 0.4) is 0 Å². The van der Waals surface area contributed by atoms with Crippen LogP contribution in [0.5, 0.6) is 0 Å². The van der Waals surface area contributed by atoms with Crippen LogP contribution in [0.2, 0.25) is 0 Å². The van der Waals surface area contributed by atoms with E-state index in [1.165, 1.54) is 23.9 Å². The van der Waals surface area contributed by atoms with Crippen molar-refractivity contribution in [2.24, 2.45) is 0 Å². The lowest BCUT2D eigenvalue weighted by Crippen LogP contribution is -2.51. The second-order valence-corrected chi connectivity index (χ2v) is 7.98. The van der Waals surface area contributed by atoms with Gasteiger partial charge in [-0.3, -0.25) is 14.4 Å². The molecular weight excluding hydrogens is 494 g/mol. The maximum absolute atomic E-state index is 12.9. The number of urea groups is 2. The van der Waals surface area contributed by atoms with Crippen molar-refractivity contribution in [3.8, 4) is 0 Å². The molecule has 0 heterocycles. The Morgan fingerprint density at radius 1 is 0.576 bits per heavy atom. The predicted molar refractivity (Wildman–Crippen MR) is 131 cm³/mol. The SMILES string of the molecule is CN(CCOC(=O)CCS)C(=O)N(CCOC(=O)CCS)C(=O)N(C)CCOC(=O)CCS. The monoisotopic (exact) mass is 527 g/mol. The number of thiol groups is 3. The zero-order valence-corrected chi connectivity index (χ0v) is 21.6. The molecule has 0 radical (unpaired) electrons. The highest BCUT2D eigenvalue weighted by atomic mass is 32.1. The van der Waals surface area contributed by atoms with Crippen LogP contribution in [0.4, 0.5) is 9.59 Å². The molecule has 11 nitrogen and oxygen atoms in total. The number of imide groups is 1. The van der Waals surface area contributed by atoms with E-state index < -0.39 is 30.0 Å². The average molecular weight is 528 g/mol. The van der Waals surface area contributed by atoms with E-state index >= 15 is 0 Å². The van der Waals surface area contributed by atoms with Crippen LogP contribution in [0.15, 0.2) is 0 Å². The Morgan fingerprint density at radius 3 is 1.18 bits per heavy atom. The maximum atomic E-state index is 12.9. The molecule has 0 rings (SSSR count). The molecular formula is C19H33N3O8S3. The first-order chi connectivity index (χ1) is 15.7. The third kappa shape index (κ3) is 14.1. The standard InChI is InChI=1S/C19H33N3O8S3/c1-20(6-9-28-15(23)3-12-31)18(26)22(8-11-30-17(25)5-14-33)19(27)21(2)7-10-29-16(24)4-13-32/h31-33H,3-14H2,1-2H3. The van der Waals surface area contributed by atoms with Crippen LogP contribution >= 0.6 is 37.9 Å². The summed E-state index contributed by atoms with van der Waals surface area (Å²) in [5, 5.41) is 0. The summed E-state index contributed by atoms with van der Waals surface area (Å²) in [5.74, 6) is -0.386. The highest BCUT2D eigenvalue weighted by Gasteiger charge is 2.27. The van der Waals surface area contributed by atoms with Crippen molar-refractivity contribution >= 4 is 67.9 Å². The highest BCUT2D eigenvalue weighted by molar-refractivity contribution is 7.80. The number of hydrogen-bond donors (Lipinski definition) is 3. The summed E-state index contributed by atoms with van der Waals surface area (Å²) in [6, 6.07) is -1.34. The van der Waals surface area contributed by atoms with Gasteiger partial charge in [-0.05, 0) is 0 Å². The summed E-state index contributed by atoms with van der Waals surface area (Å²) in [6.45, 7) is -0.393. The lowest BCUT2D eigenvalue weighted by molar-refractivity contribution is -0.144. The molecule has 0 aliphatic rings. The second-order valence-electron chi connectivity index (χ2n) is 6.64. The normalized spacial score (nSPS) is 10.2. The van der Waals surface area contributed by atoms with Gasteiger partial charge in [-0.1, -0.05) is 0 Å². The van der Waals surface area contributed by atoms with E-state index in [1.807, 2.05) is 0 Å². The molecule has 0 aromatic rings. The van der Waals surface area contributed by atoms with Gasteiger partial charge in [-0.15, -0.1) is 0 Å². The van der Waals surface area contributed by atoms with E-state index in [9.17, 15) is 24.0 Å². The summed E-state index contributed by atoms with van der Waals surface area (Å²) in [5.41, 5.74) is 0. The van der Waals surface area contributed by atoms with Crippen LogP contribution in [0.25, 0.3) is 0 Å². The fraction of sp³-hybridized carbons (Fsp3) is 0.737. The van der Waals surface area contributed by atoms with Crippen molar-refractivity contribution in [1.29, 1.82) is 0 Å². The van der Waals surface area contributed by atoms with Crippen molar-refractivity contribution < 1.29 is 38.2 Å². The number of carbonyl (C=O) groups excluding carboxylic acids is 5. The fourth-order valence-corrected chi connectivity index (χ4v) is 2.76. The molecule has 0 unspecified atom stereocenters. The maximum Gasteiger partial charge on any atom is 0.328 e. The molecule has 4 amide bonds. The van der Waals surface area contributed by atoms with Crippen molar-refractivity contribution in [1.82, 2.24) is 14.7 Å². The topological polar surface area (TPSA) is 123 Å². The van der Waals surface area contributed by atoms with Crippen molar-refractivity contribution in [3.05, 3.63) is 0 Å². The summed E-state index contributed by atoms with van der Waals surface area (Å²) in [7, 11) is 2.89. The van der Waals surface area contributed by atoms with Crippen LogP contribution in [-0.2, 0) is 28.6 Å². The highest BCUT2D eigenvalue weighted by Crippen LogP contribution is 2.04. The largest absolute Gasteiger partial charge is 0.464 e. The van der Waals surface area contributed by atoms with E-state index in [1.54, 1.807) is 0 Å². The van der Waals surface area contributed by atoms with Gasteiger partial charge in [0.2, 0.25) is 0 Å². The van der Waals surface area contributed by atoms with Crippen LogP contribution < -0.4 is 0 Å². The first kappa shape index (κ1) is 31.2. The second kappa shape index (κ2) is 18.6. The minimum atomic E-state index is -0.672. The van der Waals surface area contributed by atoms with Crippen molar-refractivity contribution in [2.75, 3.05) is 70.8 Å². The number of ether oxygens (including phenoxy) is 3. The van der Waals surface area contributed by atoms with Gasteiger partial charge in [-0.2, -0.15) is 37.9 Å². The number of nitrogens with zero attached hydrogens (tertiary/aromatic N) is 3. The predicted octanol–water partition coefficient (Wildman–Crippen LogP) is 0.981. The molecule has 0 aromatic heterocycles. The van der Waals surface area contributed by atoms with Crippen LogP contribution in [0.1, 0.15) is 19.3 Å². The lowest BCUT2D eigenvalue weighted by atomic mass is 10.4. The van der Waals surface area contributed by atoms with Crippen molar-refractivity contribution in [3.63, 3.8) is 0 Å². The molecule has 0 N–H and O–H groups in total. The minimum Gasteiger partial charge on any atom is -0.464 e. The zero-order chi connectivity index (χ0) is 25.2. The number of hydrogen-bond acceptors (Lipinski definition) is 11. The Labute approximate surface area is 210 Å². The van der Waals surface area contributed by atoms with Gasteiger partial charge in [0.05, 0.1) is 38.9 Å². The quantitative estimate of drug-likeness (QED) is 0.164. The molecule has 33 heavy (non-hydrogen) atoms. The Bertz CT molecular complexity index is 612. The molecule has 0 spiro atoms. The van der Waals surface area contributed by atoms with Gasteiger partial charge in [0, 0.05) is 31.4 Å². The third-order valence-corrected chi connectivity index (χ3v) is 4.69. The molecule has 0 saturated heterocycles. The Balaban J connectivity index is 4.99. The van der Waals surface area contributed by atoms with Crippen LogP contribution in [0, 0.1) is 0 Å². The van der Waals surface area contributed by atoms with Gasteiger partial charge >= 0.3 is 30.0 Å². The van der Waals surface area contributed by atoms with E-state index in [2.05, 4.69) is 37.9 Å². The molecule has 0 fully saturated rings. The molecule has 0 saturated carbocycles. The molecule has 14 heteroatoms. The lowest BCUT2D eigenvalue weighted by Gasteiger charge is -2.30. The van der Waals surface area contributed by atoms with Gasteiger partial charge in [0.1, 0.15) is 19.8 Å². The zero-order valence-electron chi connectivity index (χ0n) is 18.9. The molecule has 0 aliphatic carbocycles. The summed E-state index contributed by atoms with van der Waals surface area (Å²) < 4.78 is 15.0. The molecule has 0 atom stereocenters. The van der Waals surface area contributed by atoms with E-state index in [-0.39, 0.29) is 58.7 Å². The van der Waals surface area contributed by atoms with Crippen molar-refractivity contribution in [2.45, 2.75) is 19.3 Å². The number of amides is 4. The van der Waals surface area contributed by atoms with Gasteiger partial charge in [0.25, 0.3) is 0 Å². The Hall–Kier alpha value is -1.80. The Kier molecular flexibility index (Phi) is 17.6. The number of rotatable bonds is 15. The summed E-state index contributed by atoms with van der Waals surface area (Å²) in [6.07, 6.45) is 0.388. The minimum absolute atomic E-state index is 0.0470. The number of esters is 3. The van der Waals surface area contributed by atoms with Gasteiger partial charge in [0.15, 0.2) is 0 Å². The fourth-order valence-electron chi connectivity index (χ4n) is 2.21. The van der Waals surface area contributed by atoms with E-state index in [0.717, 1.165) is 4.90 Å². The molecule has 190 valence electrons. The molecule has 0 aliphatic heterocycles. The Morgan fingerprint density at radius 2 is 0.879 bits per heavy atom. The van der Waals surface area contributed by atoms with E-state index in [4.69, 9.17) is 14.2 Å². The molecule has 0 aromatic carbocycles. The number of carbonyl (C=O) groups is 5. The smallest absolute Gasteiger partial charge is 0.328 e. The van der Waals surface area contributed by atoms with Gasteiger partial charge < -0.3 is 24.0 Å². The third-order valence-electron chi connectivity index (χ3n) is 4.02. The number of likely N-dealkylation sites (N-methyl/N-ethyl adjacent to an activating group) is 2. The van der Waals surface area contributed by atoms with Crippen LogP contribution in [-0.4, -0.2) is 115 Å². The van der Waals surface area contributed by atoms with E-state index in [0.29, 0.717) is 17.3 Å². The van der Waals surface area contributed by atoms with Gasteiger partial charge in [-0.25, -0.2) is 14.5 Å². The summed E-state index contributed by atoms with van der Waals surface area (Å²) >= 11 is 11.8.